The smallest absolute Gasteiger partial charge is 0.278 e. The predicted octanol–water partition coefficient (Wildman–Crippen LogP) is 4.42. The van der Waals surface area contributed by atoms with Gasteiger partial charge in [-0.05, 0) is 63.8 Å². The highest BCUT2D eigenvalue weighted by Crippen LogP contribution is 2.31. The van der Waals surface area contributed by atoms with Crippen LogP contribution in [0.1, 0.15) is 20.3 Å². The third kappa shape index (κ3) is 5.23. The number of benzene rings is 1. The zero-order valence-corrected chi connectivity index (χ0v) is 24.6. The Morgan fingerprint density at radius 2 is 2.00 bits per heavy atom. The van der Waals surface area contributed by atoms with Crippen LogP contribution in [-0.4, -0.2) is 74.1 Å². The number of likely N-dealkylation sites (N-methyl/N-ethyl adjacent to an activating group) is 1. The molecule has 4 aromatic heterocycles. The molecule has 218 valence electrons. The fraction of sp³-hybridized carbons (Fsp3) is 0.355. The van der Waals surface area contributed by atoms with Crippen LogP contribution >= 0.6 is 0 Å². The van der Waals surface area contributed by atoms with Gasteiger partial charge in [-0.1, -0.05) is 19.1 Å². The molecule has 5 aromatic rings. The summed E-state index contributed by atoms with van der Waals surface area (Å²) in [6.07, 6.45) is 8.57. The van der Waals surface area contributed by atoms with Gasteiger partial charge in [-0.15, -0.1) is 0 Å². The molecule has 0 unspecified atom stereocenters. The standard InChI is InChI=1S/C31H37N9O2/c1-5-7-14-39-30(41)24-21-32-31(33-23-8-9-25-22(20-23)12-15-37(25)17-16-36(3)4)35-28(24)40(39)27-11-10-26-29(34-27)38(13-6-2)18-19-42-26/h5,7-12,15,20-21H,6,13-14,16-19H2,1-4H3,(H,32,33,35)/b7-5-. The van der Waals surface area contributed by atoms with E-state index in [0.29, 0.717) is 36.0 Å². The summed E-state index contributed by atoms with van der Waals surface area (Å²) in [5.74, 6) is 2.53. The number of anilines is 3. The van der Waals surface area contributed by atoms with E-state index in [1.54, 1.807) is 15.6 Å². The van der Waals surface area contributed by atoms with Crippen LogP contribution in [0.2, 0.25) is 0 Å². The quantitative estimate of drug-likeness (QED) is 0.248. The number of allylic oxidation sites excluding steroid dienone is 2. The zero-order valence-electron chi connectivity index (χ0n) is 24.6. The molecule has 1 aliphatic rings. The molecule has 0 bridgehead atoms. The second-order valence-corrected chi connectivity index (χ2v) is 10.7. The van der Waals surface area contributed by atoms with Crippen molar-refractivity contribution in [1.29, 1.82) is 0 Å². The van der Waals surface area contributed by atoms with Crippen LogP contribution in [0.5, 0.6) is 5.75 Å². The normalized spacial score (nSPS) is 13.4. The number of fused-ring (bicyclic) bond motifs is 3. The number of nitrogens with one attached hydrogen (secondary N) is 1. The molecule has 6 rings (SSSR count). The van der Waals surface area contributed by atoms with Gasteiger partial charge in [0.25, 0.3) is 5.56 Å². The third-order valence-corrected chi connectivity index (χ3v) is 7.46. The Morgan fingerprint density at radius 1 is 1.12 bits per heavy atom. The molecule has 0 fully saturated rings. The lowest BCUT2D eigenvalue weighted by atomic mass is 10.2. The van der Waals surface area contributed by atoms with Gasteiger partial charge in [0.15, 0.2) is 23.0 Å². The highest BCUT2D eigenvalue weighted by molar-refractivity contribution is 5.85. The number of nitrogens with zero attached hydrogens (tertiary/aromatic N) is 8. The first kappa shape index (κ1) is 27.5. The van der Waals surface area contributed by atoms with E-state index in [2.05, 4.69) is 70.1 Å². The average molecular weight is 568 g/mol. The van der Waals surface area contributed by atoms with Gasteiger partial charge >= 0.3 is 0 Å². The summed E-state index contributed by atoms with van der Waals surface area (Å²) in [5.41, 5.74) is 2.36. The lowest BCUT2D eigenvalue weighted by molar-refractivity contribution is 0.305. The molecule has 11 nitrogen and oxygen atoms in total. The maximum absolute atomic E-state index is 13.5. The molecule has 0 saturated carbocycles. The molecule has 1 aromatic carbocycles. The van der Waals surface area contributed by atoms with Gasteiger partial charge in [0.2, 0.25) is 5.95 Å². The monoisotopic (exact) mass is 567 g/mol. The van der Waals surface area contributed by atoms with Crippen LogP contribution in [0.3, 0.4) is 0 Å². The van der Waals surface area contributed by atoms with Crippen molar-refractivity contribution >= 4 is 39.4 Å². The molecule has 0 spiro atoms. The van der Waals surface area contributed by atoms with E-state index in [-0.39, 0.29) is 5.56 Å². The van der Waals surface area contributed by atoms with E-state index >= 15 is 0 Å². The van der Waals surface area contributed by atoms with Crippen molar-refractivity contribution < 1.29 is 4.74 Å². The molecule has 1 N–H and O–H groups in total. The SMILES string of the molecule is C/C=C\Cn1c(=O)c2cnc(Nc3ccc4c(ccn4CCN(C)C)c3)nc2n1-c1ccc2c(n1)N(CCC)CCO2. The second-order valence-electron chi connectivity index (χ2n) is 10.7. The number of pyridine rings is 1. The molecule has 42 heavy (non-hydrogen) atoms. The molecule has 5 heterocycles. The van der Waals surface area contributed by atoms with E-state index in [1.165, 1.54) is 5.52 Å². The highest BCUT2D eigenvalue weighted by atomic mass is 16.5. The van der Waals surface area contributed by atoms with Gasteiger partial charge in [0, 0.05) is 48.6 Å². The molecular weight excluding hydrogens is 530 g/mol. The van der Waals surface area contributed by atoms with E-state index in [9.17, 15) is 4.79 Å². The van der Waals surface area contributed by atoms with Crippen molar-refractivity contribution in [3.8, 4) is 11.6 Å². The van der Waals surface area contributed by atoms with E-state index in [4.69, 9.17) is 14.7 Å². The van der Waals surface area contributed by atoms with Crippen molar-refractivity contribution in [2.45, 2.75) is 33.4 Å². The molecule has 0 saturated heterocycles. The Hall–Kier alpha value is -4.64. The first-order chi connectivity index (χ1) is 20.5. The zero-order chi connectivity index (χ0) is 29.2. The fourth-order valence-corrected chi connectivity index (χ4v) is 5.34. The highest BCUT2D eigenvalue weighted by Gasteiger charge is 2.23. The van der Waals surface area contributed by atoms with Crippen molar-refractivity contribution in [3.05, 3.63) is 71.3 Å². The summed E-state index contributed by atoms with van der Waals surface area (Å²) in [4.78, 5) is 32.3. The maximum atomic E-state index is 13.5. The predicted molar refractivity (Wildman–Crippen MR) is 168 cm³/mol. The second kappa shape index (κ2) is 11.7. The van der Waals surface area contributed by atoms with Crippen LogP contribution in [0, 0.1) is 0 Å². The number of hydrogen-bond acceptors (Lipinski definition) is 8. The van der Waals surface area contributed by atoms with E-state index < -0.39 is 0 Å². The first-order valence-corrected chi connectivity index (χ1v) is 14.5. The van der Waals surface area contributed by atoms with Crippen LogP contribution in [0.25, 0.3) is 27.8 Å². The average Bonchev–Trinajstić information content (AvgIpc) is 3.52. The Bertz CT molecular complexity index is 1810. The number of hydrogen-bond donors (Lipinski definition) is 1. The summed E-state index contributed by atoms with van der Waals surface area (Å²) in [6, 6.07) is 12.1. The Kier molecular flexibility index (Phi) is 7.66. The molecule has 11 heteroatoms. The number of aromatic nitrogens is 6. The Balaban J connectivity index is 1.39. The molecule has 0 atom stereocenters. The lowest BCUT2D eigenvalue weighted by Crippen LogP contribution is -2.34. The fourth-order valence-electron chi connectivity index (χ4n) is 5.34. The van der Waals surface area contributed by atoms with Crippen molar-refractivity contribution in [3.63, 3.8) is 0 Å². The molecule has 1 aliphatic heterocycles. The summed E-state index contributed by atoms with van der Waals surface area (Å²) >= 11 is 0. The van der Waals surface area contributed by atoms with Crippen molar-refractivity contribution in [2.24, 2.45) is 0 Å². The summed E-state index contributed by atoms with van der Waals surface area (Å²) in [7, 11) is 4.16. The van der Waals surface area contributed by atoms with Crippen molar-refractivity contribution in [2.75, 3.05) is 50.6 Å². The van der Waals surface area contributed by atoms with Gasteiger partial charge in [-0.25, -0.2) is 19.3 Å². The number of ether oxygens (including phenoxy) is 1. The molecule has 0 amide bonds. The minimum atomic E-state index is -0.170. The van der Waals surface area contributed by atoms with Gasteiger partial charge < -0.3 is 24.4 Å². The third-order valence-electron chi connectivity index (χ3n) is 7.46. The largest absolute Gasteiger partial charge is 0.488 e. The lowest BCUT2D eigenvalue weighted by Gasteiger charge is -2.30. The van der Waals surface area contributed by atoms with Gasteiger partial charge in [0.1, 0.15) is 12.0 Å². The molecular formula is C31H37N9O2. The van der Waals surface area contributed by atoms with Crippen molar-refractivity contribution in [1.82, 2.24) is 33.8 Å². The molecule has 0 radical (unpaired) electrons. The van der Waals surface area contributed by atoms with Crippen LogP contribution < -0.4 is 20.5 Å². The van der Waals surface area contributed by atoms with E-state index in [1.807, 2.05) is 37.3 Å². The Labute approximate surface area is 244 Å². The van der Waals surface area contributed by atoms with Gasteiger partial charge in [0.05, 0.1) is 13.1 Å². The minimum absolute atomic E-state index is 0.170. The minimum Gasteiger partial charge on any atom is -0.488 e. The van der Waals surface area contributed by atoms with Crippen LogP contribution in [0.15, 0.2) is 65.7 Å². The van der Waals surface area contributed by atoms with Crippen LogP contribution in [0.4, 0.5) is 17.5 Å². The first-order valence-electron chi connectivity index (χ1n) is 14.5. The van der Waals surface area contributed by atoms with Gasteiger partial charge in [-0.2, -0.15) is 4.98 Å². The molecule has 0 aliphatic carbocycles. The van der Waals surface area contributed by atoms with Crippen LogP contribution in [-0.2, 0) is 13.1 Å². The maximum Gasteiger partial charge on any atom is 0.278 e. The summed E-state index contributed by atoms with van der Waals surface area (Å²) in [5, 5.41) is 4.91. The summed E-state index contributed by atoms with van der Waals surface area (Å²) in [6.45, 7) is 8.63. The summed E-state index contributed by atoms with van der Waals surface area (Å²) < 4.78 is 11.6. The van der Waals surface area contributed by atoms with Gasteiger partial charge in [-0.3, -0.25) is 4.79 Å². The number of rotatable bonds is 10. The topological polar surface area (TPSA) is 98.3 Å². The van der Waals surface area contributed by atoms with E-state index in [0.717, 1.165) is 55.2 Å². The Morgan fingerprint density at radius 3 is 2.81 bits per heavy atom.